The molecule has 10 atom stereocenters. The highest BCUT2D eigenvalue weighted by Gasteiger charge is 2.51. The van der Waals surface area contributed by atoms with Crippen molar-refractivity contribution in [1.29, 1.82) is 0 Å². The SMILES string of the molecule is Cc1cc(=O)oc2cc(O[C@@H]3O[C@H](CO)[C@@H](O[C@H]4O[C@@H](CO)[C@@H](O)[C@@H](O)[C@@H]4O)[C@@H](O)[C@@H]3O)ccc12. The van der Waals surface area contributed by atoms with E-state index < -0.39 is 80.3 Å². The summed E-state index contributed by atoms with van der Waals surface area (Å²) in [5.41, 5.74) is 0.381. The molecule has 0 saturated carbocycles. The molecule has 1 aromatic heterocycles. The summed E-state index contributed by atoms with van der Waals surface area (Å²) in [5.74, 6) is 0.146. The molecule has 0 bridgehead atoms. The molecule has 13 nitrogen and oxygen atoms in total. The second-order valence-corrected chi connectivity index (χ2v) is 8.53. The zero-order chi connectivity index (χ0) is 25.4. The molecule has 0 aliphatic carbocycles. The lowest BCUT2D eigenvalue weighted by atomic mass is 9.97. The first kappa shape index (κ1) is 25.9. The fourth-order valence-corrected chi connectivity index (χ4v) is 4.17. The van der Waals surface area contributed by atoms with Gasteiger partial charge in [0.05, 0.1) is 13.2 Å². The maximum atomic E-state index is 11.7. The summed E-state index contributed by atoms with van der Waals surface area (Å²) in [6, 6.07) is 5.94. The molecule has 0 unspecified atom stereocenters. The minimum atomic E-state index is -1.76. The van der Waals surface area contributed by atoms with Gasteiger partial charge in [-0.1, -0.05) is 0 Å². The van der Waals surface area contributed by atoms with Crippen molar-refractivity contribution in [2.75, 3.05) is 13.2 Å². The van der Waals surface area contributed by atoms with Crippen molar-refractivity contribution in [3.05, 3.63) is 40.2 Å². The second-order valence-electron chi connectivity index (χ2n) is 8.53. The number of benzene rings is 1. The Bertz CT molecular complexity index is 1070. The number of rotatable bonds is 6. The number of ether oxygens (including phenoxy) is 4. The Hall–Kier alpha value is -2.17. The summed E-state index contributed by atoms with van der Waals surface area (Å²) in [4.78, 5) is 11.7. The fourth-order valence-electron chi connectivity index (χ4n) is 4.17. The van der Waals surface area contributed by atoms with Crippen molar-refractivity contribution in [2.45, 2.75) is 68.3 Å². The molecule has 7 N–H and O–H groups in total. The number of aryl methyl sites for hydroxylation is 1. The van der Waals surface area contributed by atoms with E-state index in [0.717, 1.165) is 0 Å². The lowest BCUT2D eigenvalue weighted by Crippen LogP contribution is -2.65. The molecule has 2 aliphatic rings. The highest BCUT2D eigenvalue weighted by Crippen LogP contribution is 2.31. The van der Waals surface area contributed by atoms with Crippen LogP contribution in [-0.4, -0.2) is 110 Å². The van der Waals surface area contributed by atoms with Gasteiger partial charge in [-0.15, -0.1) is 0 Å². The first-order valence-corrected chi connectivity index (χ1v) is 10.9. The van der Waals surface area contributed by atoms with Crippen LogP contribution in [0.1, 0.15) is 5.56 Å². The smallest absolute Gasteiger partial charge is 0.336 e. The van der Waals surface area contributed by atoms with Crippen molar-refractivity contribution in [3.8, 4) is 5.75 Å². The number of aliphatic hydroxyl groups is 7. The van der Waals surface area contributed by atoms with Crippen LogP contribution >= 0.6 is 0 Å². The molecule has 194 valence electrons. The van der Waals surface area contributed by atoms with Crippen LogP contribution < -0.4 is 10.4 Å². The van der Waals surface area contributed by atoms with Crippen LogP contribution in [0.3, 0.4) is 0 Å². The minimum absolute atomic E-state index is 0.146. The van der Waals surface area contributed by atoms with E-state index in [2.05, 4.69) is 0 Å². The molecule has 13 heteroatoms. The van der Waals surface area contributed by atoms with Gasteiger partial charge in [-0.2, -0.15) is 0 Å². The summed E-state index contributed by atoms with van der Waals surface area (Å²) >= 11 is 0. The molecule has 2 aromatic rings. The zero-order valence-electron chi connectivity index (χ0n) is 18.6. The lowest BCUT2D eigenvalue weighted by molar-refractivity contribution is -0.352. The molecule has 2 aliphatic heterocycles. The Morgan fingerprint density at radius 2 is 1.49 bits per heavy atom. The van der Waals surface area contributed by atoms with Gasteiger partial charge >= 0.3 is 5.63 Å². The molecular formula is C22H28O13. The summed E-state index contributed by atoms with van der Waals surface area (Å²) in [7, 11) is 0. The van der Waals surface area contributed by atoms with E-state index in [4.69, 9.17) is 23.4 Å². The Morgan fingerprint density at radius 3 is 2.17 bits per heavy atom. The number of hydrogen-bond donors (Lipinski definition) is 7. The average molecular weight is 500 g/mol. The standard InChI is InChI=1S/C22H28O13/c1-8-4-14(25)32-11-5-9(2-3-10(8)11)31-21-19(30)17(28)20(13(7-24)34-21)35-22-18(29)16(27)15(26)12(6-23)33-22/h2-5,12-13,15-24,26-30H,6-7H2,1H3/t12-,13+,15+,16+,17-,18-,19-,20+,21+,22+/m0/s1. The van der Waals surface area contributed by atoms with Crippen LogP contribution in [0.15, 0.2) is 33.5 Å². The van der Waals surface area contributed by atoms with Crippen molar-refractivity contribution in [2.24, 2.45) is 0 Å². The Kier molecular flexibility index (Phi) is 7.73. The van der Waals surface area contributed by atoms with Crippen molar-refractivity contribution in [3.63, 3.8) is 0 Å². The van der Waals surface area contributed by atoms with Crippen LogP contribution in [0.4, 0.5) is 0 Å². The van der Waals surface area contributed by atoms with Gasteiger partial charge in [0.2, 0.25) is 6.29 Å². The van der Waals surface area contributed by atoms with E-state index in [9.17, 15) is 40.5 Å². The van der Waals surface area contributed by atoms with Crippen molar-refractivity contribution in [1.82, 2.24) is 0 Å². The van der Waals surface area contributed by atoms with Crippen LogP contribution in [0, 0.1) is 6.92 Å². The first-order valence-electron chi connectivity index (χ1n) is 10.9. The molecule has 2 fully saturated rings. The fraction of sp³-hybridized carbons (Fsp3) is 0.591. The lowest BCUT2D eigenvalue weighted by Gasteiger charge is -2.45. The van der Waals surface area contributed by atoms with Crippen molar-refractivity contribution >= 4 is 11.0 Å². The largest absolute Gasteiger partial charge is 0.462 e. The highest BCUT2D eigenvalue weighted by molar-refractivity contribution is 5.81. The summed E-state index contributed by atoms with van der Waals surface area (Å²) in [5, 5.41) is 71.1. The number of hydrogen-bond acceptors (Lipinski definition) is 13. The van der Waals surface area contributed by atoms with Crippen LogP contribution in [0.5, 0.6) is 5.75 Å². The molecule has 0 amide bonds. The second kappa shape index (κ2) is 10.4. The minimum Gasteiger partial charge on any atom is -0.462 e. The molecule has 0 radical (unpaired) electrons. The topological polar surface area (TPSA) is 209 Å². The van der Waals surface area contributed by atoms with Gasteiger partial charge in [0.15, 0.2) is 6.29 Å². The average Bonchev–Trinajstić information content (AvgIpc) is 2.83. The summed E-state index contributed by atoms with van der Waals surface area (Å²) in [6.07, 6.45) is -15.6. The van der Waals surface area contributed by atoms with Crippen molar-refractivity contribution < 1.29 is 59.1 Å². The van der Waals surface area contributed by atoms with Gasteiger partial charge in [0.25, 0.3) is 0 Å². The van der Waals surface area contributed by atoms with Crippen LogP contribution in [0.25, 0.3) is 11.0 Å². The van der Waals surface area contributed by atoms with Crippen LogP contribution in [-0.2, 0) is 14.2 Å². The molecule has 2 saturated heterocycles. The zero-order valence-corrected chi connectivity index (χ0v) is 18.6. The number of aliphatic hydroxyl groups excluding tert-OH is 7. The van der Waals surface area contributed by atoms with E-state index in [1.807, 2.05) is 0 Å². The van der Waals surface area contributed by atoms with Gasteiger partial charge in [0.1, 0.15) is 60.2 Å². The van der Waals surface area contributed by atoms with Gasteiger partial charge in [-0.05, 0) is 24.6 Å². The molecule has 0 spiro atoms. The number of fused-ring (bicyclic) bond motifs is 1. The predicted octanol–water partition coefficient (Wildman–Crippen LogP) is -2.90. The Balaban J connectivity index is 1.50. The Labute approximate surface area is 198 Å². The Morgan fingerprint density at radius 1 is 0.829 bits per heavy atom. The summed E-state index contributed by atoms with van der Waals surface area (Å²) < 4.78 is 27.1. The maximum Gasteiger partial charge on any atom is 0.336 e. The quantitative estimate of drug-likeness (QED) is 0.199. The third-order valence-corrected chi connectivity index (χ3v) is 6.14. The normalized spacial score (nSPS) is 37.9. The van der Waals surface area contributed by atoms with E-state index >= 15 is 0 Å². The maximum absolute atomic E-state index is 11.7. The first-order chi connectivity index (χ1) is 16.6. The molecular weight excluding hydrogens is 472 g/mol. The monoisotopic (exact) mass is 500 g/mol. The van der Waals surface area contributed by atoms with Crippen LogP contribution in [0.2, 0.25) is 0 Å². The third kappa shape index (κ3) is 5.06. The van der Waals surface area contributed by atoms with Gasteiger partial charge in [0, 0.05) is 17.5 Å². The van der Waals surface area contributed by atoms with E-state index in [1.54, 1.807) is 19.1 Å². The van der Waals surface area contributed by atoms with E-state index in [1.165, 1.54) is 12.1 Å². The molecule has 35 heavy (non-hydrogen) atoms. The highest BCUT2D eigenvalue weighted by atomic mass is 16.7. The third-order valence-electron chi connectivity index (χ3n) is 6.14. The van der Waals surface area contributed by atoms with E-state index in [-0.39, 0.29) is 11.3 Å². The predicted molar refractivity (Wildman–Crippen MR) is 114 cm³/mol. The molecule has 1 aromatic carbocycles. The van der Waals surface area contributed by atoms with Gasteiger partial charge < -0.3 is 59.1 Å². The summed E-state index contributed by atoms with van der Waals surface area (Å²) in [6.45, 7) is 0.352. The van der Waals surface area contributed by atoms with Gasteiger partial charge in [-0.25, -0.2) is 4.79 Å². The van der Waals surface area contributed by atoms with E-state index in [0.29, 0.717) is 10.9 Å². The molecule has 3 heterocycles. The molecule has 4 rings (SSSR count). The van der Waals surface area contributed by atoms with Gasteiger partial charge in [-0.3, -0.25) is 0 Å².